The van der Waals surface area contributed by atoms with E-state index in [1.165, 1.54) is 4.90 Å². The van der Waals surface area contributed by atoms with Crippen molar-refractivity contribution in [2.45, 2.75) is 13.8 Å². The predicted octanol–water partition coefficient (Wildman–Crippen LogP) is 5.95. The lowest BCUT2D eigenvalue weighted by atomic mass is 10.1. The summed E-state index contributed by atoms with van der Waals surface area (Å²) in [5.74, 6) is -0.319. The Morgan fingerprint density at radius 2 is 1.72 bits per heavy atom. The third-order valence-electron chi connectivity index (χ3n) is 4.55. The van der Waals surface area contributed by atoms with Crippen molar-refractivity contribution in [2.24, 2.45) is 0 Å². The summed E-state index contributed by atoms with van der Waals surface area (Å²) >= 11 is 12.8. The Labute approximate surface area is 184 Å². The molecule has 152 valence electrons. The molecular weight excluding hydrogens is 429 g/mol. The Morgan fingerprint density at radius 3 is 2.34 bits per heavy atom. The quantitative estimate of drug-likeness (QED) is 0.529. The van der Waals surface area contributed by atoms with Crippen LogP contribution in [0.1, 0.15) is 19.4 Å². The Hall–Kier alpha value is -2.15. The average molecular weight is 450 g/mol. The van der Waals surface area contributed by atoms with E-state index in [9.17, 15) is 9.59 Å². The molecule has 0 bridgehead atoms. The number of carbonyl (C=O) groups excluding carboxylic acids is 2. The molecular formula is C21H21Cl2N3O2S. The van der Waals surface area contributed by atoms with Crippen molar-refractivity contribution < 1.29 is 9.59 Å². The molecule has 2 aromatic rings. The van der Waals surface area contributed by atoms with Crippen LogP contribution in [0, 0.1) is 0 Å². The second-order valence-electron chi connectivity index (χ2n) is 6.34. The van der Waals surface area contributed by atoms with Gasteiger partial charge in [-0.2, -0.15) is 0 Å². The van der Waals surface area contributed by atoms with E-state index in [0.717, 1.165) is 36.1 Å². The number of hydrogen-bond donors (Lipinski definition) is 1. The highest BCUT2D eigenvalue weighted by Crippen LogP contribution is 2.33. The normalized spacial score (nSPS) is 15.3. The third kappa shape index (κ3) is 5.07. The highest BCUT2D eigenvalue weighted by atomic mass is 35.5. The molecule has 1 N–H and O–H groups in total. The fourth-order valence-electron chi connectivity index (χ4n) is 2.93. The van der Waals surface area contributed by atoms with Gasteiger partial charge in [-0.3, -0.25) is 14.5 Å². The molecule has 1 saturated heterocycles. The van der Waals surface area contributed by atoms with E-state index >= 15 is 0 Å². The largest absolute Gasteiger partial charge is 0.372 e. The number of halogens is 2. The maximum absolute atomic E-state index is 12.7. The zero-order valence-electron chi connectivity index (χ0n) is 16.1. The third-order valence-corrected chi connectivity index (χ3v) is 6.20. The molecule has 29 heavy (non-hydrogen) atoms. The first kappa shape index (κ1) is 21.6. The van der Waals surface area contributed by atoms with Gasteiger partial charge in [0.1, 0.15) is 0 Å². The van der Waals surface area contributed by atoms with Crippen LogP contribution >= 0.6 is 35.0 Å². The first-order chi connectivity index (χ1) is 13.9. The summed E-state index contributed by atoms with van der Waals surface area (Å²) in [6.45, 7) is 6.14. The van der Waals surface area contributed by atoms with Crippen LogP contribution in [0.2, 0.25) is 10.0 Å². The van der Waals surface area contributed by atoms with Crippen molar-refractivity contribution in [2.75, 3.05) is 30.0 Å². The van der Waals surface area contributed by atoms with Gasteiger partial charge < -0.3 is 10.2 Å². The molecule has 2 amide bonds. The molecule has 8 heteroatoms. The monoisotopic (exact) mass is 449 g/mol. The fraction of sp³-hybridized carbons (Fsp3) is 0.238. The van der Waals surface area contributed by atoms with E-state index < -0.39 is 0 Å². The van der Waals surface area contributed by atoms with Gasteiger partial charge in [0.25, 0.3) is 11.1 Å². The van der Waals surface area contributed by atoms with Crippen LogP contribution < -0.4 is 10.2 Å². The molecule has 1 fully saturated rings. The highest BCUT2D eigenvalue weighted by Gasteiger charge is 2.34. The Balaban J connectivity index is 1.68. The molecule has 1 heterocycles. The van der Waals surface area contributed by atoms with Crippen molar-refractivity contribution >= 4 is 63.6 Å². The molecule has 0 aliphatic carbocycles. The molecule has 0 atom stereocenters. The number of nitrogens with zero attached hydrogens (tertiary/aromatic N) is 2. The first-order valence-corrected chi connectivity index (χ1v) is 10.8. The number of amides is 2. The maximum Gasteiger partial charge on any atom is 0.295 e. The van der Waals surface area contributed by atoms with Gasteiger partial charge in [-0.05, 0) is 67.6 Å². The van der Waals surface area contributed by atoms with Crippen molar-refractivity contribution in [1.29, 1.82) is 0 Å². The standard InChI is InChI=1S/C21H21Cl2N3O2S/c1-3-25(4-2)16-8-5-14(6-9-16)11-19-20(27)26(21(28)29-19)13-24-15-7-10-17(22)18(23)12-15/h5-12,24H,3-4,13H2,1-2H3/b19-11+. The molecule has 2 aromatic carbocycles. The summed E-state index contributed by atoms with van der Waals surface area (Å²) in [5, 5.41) is 3.56. The van der Waals surface area contributed by atoms with Crippen LogP contribution in [0.25, 0.3) is 6.08 Å². The topological polar surface area (TPSA) is 52.7 Å². The number of imide groups is 1. The fourth-order valence-corrected chi connectivity index (χ4v) is 4.07. The van der Waals surface area contributed by atoms with Crippen LogP contribution in [0.3, 0.4) is 0 Å². The van der Waals surface area contributed by atoms with Gasteiger partial charge in [-0.15, -0.1) is 0 Å². The molecule has 5 nitrogen and oxygen atoms in total. The zero-order chi connectivity index (χ0) is 21.0. The second-order valence-corrected chi connectivity index (χ2v) is 8.14. The van der Waals surface area contributed by atoms with Crippen molar-refractivity contribution in [3.8, 4) is 0 Å². The number of carbonyl (C=O) groups is 2. The van der Waals surface area contributed by atoms with Gasteiger partial charge in [0.2, 0.25) is 0 Å². The SMILES string of the molecule is CCN(CC)c1ccc(/C=C2/SC(=O)N(CNc3ccc(Cl)c(Cl)c3)C2=O)cc1. The minimum Gasteiger partial charge on any atom is -0.372 e. The smallest absolute Gasteiger partial charge is 0.295 e. The van der Waals surface area contributed by atoms with Crippen molar-refractivity contribution in [3.63, 3.8) is 0 Å². The molecule has 0 aromatic heterocycles. The molecule has 1 aliphatic heterocycles. The van der Waals surface area contributed by atoms with E-state index in [4.69, 9.17) is 23.2 Å². The van der Waals surface area contributed by atoms with E-state index in [2.05, 4.69) is 24.1 Å². The van der Waals surface area contributed by atoms with Crippen LogP contribution in [-0.4, -0.2) is 35.8 Å². The summed E-state index contributed by atoms with van der Waals surface area (Å²) < 4.78 is 0. The van der Waals surface area contributed by atoms with E-state index in [1.54, 1.807) is 24.3 Å². The molecule has 0 spiro atoms. The van der Waals surface area contributed by atoms with E-state index in [-0.39, 0.29) is 17.8 Å². The van der Waals surface area contributed by atoms with Crippen LogP contribution in [-0.2, 0) is 4.79 Å². The molecule has 0 saturated carbocycles. The number of anilines is 2. The van der Waals surface area contributed by atoms with E-state index in [1.807, 2.05) is 24.3 Å². The Morgan fingerprint density at radius 1 is 1.03 bits per heavy atom. The lowest BCUT2D eigenvalue weighted by molar-refractivity contribution is -0.122. The molecule has 1 aliphatic rings. The Bertz CT molecular complexity index is 943. The minimum atomic E-state index is -0.319. The number of hydrogen-bond acceptors (Lipinski definition) is 5. The molecule has 0 radical (unpaired) electrons. The summed E-state index contributed by atoms with van der Waals surface area (Å²) in [6.07, 6.45) is 1.75. The molecule has 0 unspecified atom stereocenters. The highest BCUT2D eigenvalue weighted by molar-refractivity contribution is 8.18. The van der Waals surface area contributed by atoms with Gasteiger partial charge in [0.05, 0.1) is 21.6 Å². The maximum atomic E-state index is 12.7. The van der Waals surface area contributed by atoms with Crippen LogP contribution in [0.15, 0.2) is 47.4 Å². The number of rotatable bonds is 7. The lowest BCUT2D eigenvalue weighted by Gasteiger charge is -2.20. The van der Waals surface area contributed by atoms with Gasteiger partial charge in [-0.1, -0.05) is 35.3 Å². The van der Waals surface area contributed by atoms with Gasteiger partial charge in [-0.25, -0.2) is 0 Å². The van der Waals surface area contributed by atoms with Gasteiger partial charge in [0.15, 0.2) is 0 Å². The summed E-state index contributed by atoms with van der Waals surface area (Å²) in [7, 11) is 0. The van der Waals surface area contributed by atoms with E-state index in [0.29, 0.717) is 20.6 Å². The number of thioether (sulfide) groups is 1. The average Bonchev–Trinajstić information content (AvgIpc) is 2.98. The van der Waals surface area contributed by atoms with Crippen molar-refractivity contribution in [3.05, 3.63) is 63.0 Å². The zero-order valence-corrected chi connectivity index (χ0v) is 18.4. The van der Waals surface area contributed by atoms with Crippen LogP contribution in [0.5, 0.6) is 0 Å². The molecule has 3 rings (SSSR count). The Kier molecular flexibility index (Phi) is 7.11. The van der Waals surface area contributed by atoms with Gasteiger partial charge >= 0.3 is 0 Å². The second kappa shape index (κ2) is 9.57. The minimum absolute atomic E-state index is 0.0564. The summed E-state index contributed by atoms with van der Waals surface area (Å²) in [6, 6.07) is 13.0. The number of nitrogens with one attached hydrogen (secondary N) is 1. The summed E-state index contributed by atoms with van der Waals surface area (Å²) in [5.41, 5.74) is 2.68. The number of benzene rings is 2. The van der Waals surface area contributed by atoms with Gasteiger partial charge in [0, 0.05) is 24.5 Å². The predicted molar refractivity (Wildman–Crippen MR) is 123 cm³/mol. The summed E-state index contributed by atoms with van der Waals surface area (Å²) in [4.78, 5) is 28.7. The van der Waals surface area contributed by atoms with Crippen molar-refractivity contribution in [1.82, 2.24) is 4.90 Å². The van der Waals surface area contributed by atoms with Crippen LogP contribution in [0.4, 0.5) is 16.2 Å². The first-order valence-electron chi connectivity index (χ1n) is 9.22. The lowest BCUT2D eigenvalue weighted by Crippen LogP contribution is -2.33.